The topological polar surface area (TPSA) is 63.2 Å². The van der Waals surface area contributed by atoms with Gasteiger partial charge in [-0.05, 0) is 50.2 Å². The van der Waals surface area contributed by atoms with E-state index in [1.54, 1.807) is 42.6 Å². The van der Waals surface area contributed by atoms with Crippen molar-refractivity contribution < 1.29 is 9.53 Å². The molecule has 0 atom stereocenters. The third-order valence-electron chi connectivity index (χ3n) is 3.65. The molecule has 3 aromatic rings. The van der Waals surface area contributed by atoms with Gasteiger partial charge in [0.1, 0.15) is 11.4 Å². The van der Waals surface area contributed by atoms with Gasteiger partial charge < -0.3 is 15.4 Å². The number of pyridine rings is 1. The van der Waals surface area contributed by atoms with E-state index in [1.807, 2.05) is 38.1 Å². The molecule has 2 N–H and O–H groups in total. The highest BCUT2D eigenvalue weighted by Gasteiger charge is 2.10. The lowest BCUT2D eigenvalue weighted by Crippen LogP contribution is -2.14. The quantitative estimate of drug-likeness (QED) is 0.590. The second kappa shape index (κ2) is 8.56. The summed E-state index contributed by atoms with van der Waals surface area (Å²) in [6.07, 6.45) is 1.68. The van der Waals surface area contributed by atoms with Gasteiger partial charge in [-0.25, -0.2) is 4.98 Å². The summed E-state index contributed by atoms with van der Waals surface area (Å²) in [5.41, 5.74) is 2.44. The van der Waals surface area contributed by atoms with E-state index in [9.17, 15) is 4.79 Å². The van der Waals surface area contributed by atoms with Crippen LogP contribution in [0, 0.1) is 0 Å². The highest BCUT2D eigenvalue weighted by molar-refractivity contribution is 6.33. The number of nitrogens with zero attached hydrogens (tertiary/aromatic N) is 1. The normalized spacial score (nSPS) is 10.5. The Morgan fingerprint density at radius 2 is 1.70 bits per heavy atom. The third kappa shape index (κ3) is 4.99. The predicted octanol–water partition coefficient (Wildman–Crippen LogP) is 5.52. The van der Waals surface area contributed by atoms with Crippen LogP contribution < -0.4 is 15.4 Å². The standard InChI is InChI=1S/C21H20ClN3O2/c1-14(2)27-20-10-6-5-9-18(20)24-15-11-12-19(23-13-15)21(26)25-17-8-4-3-7-16(17)22/h3-14,24H,1-2H3,(H,25,26). The highest BCUT2D eigenvalue weighted by atomic mass is 35.5. The number of aromatic nitrogens is 1. The van der Waals surface area contributed by atoms with Crippen molar-refractivity contribution in [3.05, 3.63) is 77.6 Å². The molecule has 0 bridgehead atoms. The number of nitrogens with one attached hydrogen (secondary N) is 2. The summed E-state index contributed by atoms with van der Waals surface area (Å²) in [5.74, 6) is 0.436. The van der Waals surface area contributed by atoms with Crippen molar-refractivity contribution in [1.82, 2.24) is 4.98 Å². The minimum Gasteiger partial charge on any atom is -0.489 e. The van der Waals surface area contributed by atoms with E-state index in [2.05, 4.69) is 15.6 Å². The average Bonchev–Trinajstić information content (AvgIpc) is 2.65. The molecule has 6 heteroatoms. The van der Waals surface area contributed by atoms with E-state index >= 15 is 0 Å². The lowest BCUT2D eigenvalue weighted by Gasteiger charge is -2.15. The van der Waals surface area contributed by atoms with Gasteiger partial charge in [0, 0.05) is 0 Å². The maximum atomic E-state index is 12.3. The molecule has 0 aliphatic carbocycles. The number of ether oxygens (including phenoxy) is 1. The lowest BCUT2D eigenvalue weighted by atomic mass is 10.2. The zero-order chi connectivity index (χ0) is 19.2. The van der Waals surface area contributed by atoms with Crippen LogP contribution in [0.15, 0.2) is 66.9 Å². The van der Waals surface area contributed by atoms with Gasteiger partial charge in [-0.3, -0.25) is 4.79 Å². The van der Waals surface area contributed by atoms with Crippen molar-refractivity contribution in [2.24, 2.45) is 0 Å². The molecule has 138 valence electrons. The van der Waals surface area contributed by atoms with Crippen LogP contribution in [0.25, 0.3) is 0 Å². The van der Waals surface area contributed by atoms with Gasteiger partial charge in [0.15, 0.2) is 0 Å². The van der Waals surface area contributed by atoms with Crippen LogP contribution in [0.4, 0.5) is 17.1 Å². The number of rotatable bonds is 6. The van der Waals surface area contributed by atoms with E-state index < -0.39 is 0 Å². The number of anilines is 3. The maximum absolute atomic E-state index is 12.3. The SMILES string of the molecule is CC(C)Oc1ccccc1Nc1ccc(C(=O)Nc2ccccc2Cl)nc1. The summed E-state index contributed by atoms with van der Waals surface area (Å²) in [7, 11) is 0. The van der Waals surface area contributed by atoms with E-state index in [0.717, 1.165) is 17.1 Å². The fourth-order valence-electron chi connectivity index (χ4n) is 2.43. The molecule has 0 aliphatic rings. The van der Waals surface area contributed by atoms with Crippen LogP contribution in [0.1, 0.15) is 24.3 Å². The Morgan fingerprint density at radius 1 is 1.00 bits per heavy atom. The molecular weight excluding hydrogens is 362 g/mol. The zero-order valence-corrected chi connectivity index (χ0v) is 15.8. The first-order valence-corrected chi connectivity index (χ1v) is 8.95. The summed E-state index contributed by atoms with van der Waals surface area (Å²) in [6, 6.07) is 18.2. The molecule has 0 fully saturated rings. The number of carbonyl (C=O) groups excluding carboxylic acids is 1. The minimum absolute atomic E-state index is 0.0713. The van der Waals surface area contributed by atoms with Crippen molar-refractivity contribution >= 4 is 34.6 Å². The first-order valence-electron chi connectivity index (χ1n) is 8.57. The number of benzene rings is 2. The Morgan fingerprint density at radius 3 is 2.37 bits per heavy atom. The van der Waals surface area contributed by atoms with Crippen LogP contribution in [0.3, 0.4) is 0 Å². The van der Waals surface area contributed by atoms with Crippen molar-refractivity contribution in [1.29, 1.82) is 0 Å². The Balaban J connectivity index is 1.71. The van der Waals surface area contributed by atoms with Crippen LogP contribution in [0.5, 0.6) is 5.75 Å². The Hall–Kier alpha value is -3.05. The molecule has 1 aromatic heterocycles. The molecule has 1 amide bonds. The molecule has 2 aromatic carbocycles. The second-order valence-electron chi connectivity index (χ2n) is 6.15. The van der Waals surface area contributed by atoms with Gasteiger partial charge in [0.2, 0.25) is 0 Å². The smallest absolute Gasteiger partial charge is 0.274 e. The predicted molar refractivity (Wildman–Crippen MR) is 109 cm³/mol. The molecule has 5 nitrogen and oxygen atoms in total. The first kappa shape index (κ1) is 18.7. The van der Waals surface area contributed by atoms with E-state index in [-0.39, 0.29) is 12.0 Å². The molecule has 0 unspecified atom stereocenters. The Bertz CT molecular complexity index is 927. The van der Waals surface area contributed by atoms with E-state index in [0.29, 0.717) is 16.4 Å². The van der Waals surface area contributed by atoms with Crippen LogP contribution >= 0.6 is 11.6 Å². The van der Waals surface area contributed by atoms with Crippen molar-refractivity contribution in [3.8, 4) is 5.75 Å². The molecule has 0 radical (unpaired) electrons. The van der Waals surface area contributed by atoms with Gasteiger partial charge in [0.25, 0.3) is 5.91 Å². The fourth-order valence-corrected chi connectivity index (χ4v) is 2.62. The Labute approximate surface area is 163 Å². The van der Waals surface area contributed by atoms with Gasteiger partial charge in [-0.2, -0.15) is 0 Å². The highest BCUT2D eigenvalue weighted by Crippen LogP contribution is 2.28. The van der Waals surface area contributed by atoms with Crippen LogP contribution in [0.2, 0.25) is 5.02 Å². The van der Waals surface area contributed by atoms with Crippen molar-refractivity contribution in [2.45, 2.75) is 20.0 Å². The van der Waals surface area contributed by atoms with Gasteiger partial charge >= 0.3 is 0 Å². The summed E-state index contributed by atoms with van der Waals surface area (Å²) >= 11 is 6.07. The molecule has 3 rings (SSSR count). The summed E-state index contributed by atoms with van der Waals surface area (Å²) in [6.45, 7) is 3.95. The molecular formula is C21H20ClN3O2. The molecule has 0 saturated carbocycles. The summed E-state index contributed by atoms with van der Waals surface area (Å²) in [5, 5.41) is 6.49. The zero-order valence-electron chi connectivity index (χ0n) is 15.1. The average molecular weight is 382 g/mol. The van der Waals surface area contributed by atoms with Gasteiger partial charge in [-0.15, -0.1) is 0 Å². The molecule has 1 heterocycles. The van der Waals surface area contributed by atoms with Gasteiger partial charge in [-0.1, -0.05) is 35.9 Å². The van der Waals surface area contributed by atoms with Gasteiger partial charge in [0.05, 0.1) is 34.4 Å². The largest absolute Gasteiger partial charge is 0.489 e. The van der Waals surface area contributed by atoms with Crippen molar-refractivity contribution in [2.75, 3.05) is 10.6 Å². The first-order chi connectivity index (χ1) is 13.0. The monoisotopic (exact) mass is 381 g/mol. The lowest BCUT2D eigenvalue weighted by molar-refractivity contribution is 0.102. The summed E-state index contributed by atoms with van der Waals surface area (Å²) in [4.78, 5) is 16.6. The number of amides is 1. The minimum atomic E-state index is -0.321. The summed E-state index contributed by atoms with van der Waals surface area (Å²) < 4.78 is 5.80. The second-order valence-corrected chi connectivity index (χ2v) is 6.56. The number of carbonyl (C=O) groups is 1. The molecule has 0 spiro atoms. The number of halogens is 1. The van der Waals surface area contributed by atoms with E-state index in [1.165, 1.54) is 0 Å². The van der Waals surface area contributed by atoms with Crippen LogP contribution in [-0.4, -0.2) is 17.0 Å². The van der Waals surface area contributed by atoms with Crippen molar-refractivity contribution in [3.63, 3.8) is 0 Å². The third-order valence-corrected chi connectivity index (χ3v) is 3.98. The fraction of sp³-hybridized carbons (Fsp3) is 0.143. The van der Waals surface area contributed by atoms with E-state index in [4.69, 9.17) is 16.3 Å². The Kier molecular flexibility index (Phi) is 5.94. The number of para-hydroxylation sites is 3. The number of hydrogen-bond acceptors (Lipinski definition) is 4. The molecule has 0 aliphatic heterocycles. The molecule has 0 saturated heterocycles. The number of hydrogen-bond donors (Lipinski definition) is 2. The molecule has 27 heavy (non-hydrogen) atoms. The van der Waals surface area contributed by atoms with Crippen LogP contribution in [-0.2, 0) is 0 Å². The maximum Gasteiger partial charge on any atom is 0.274 e.